The Morgan fingerprint density at radius 2 is 1.09 bits per heavy atom. The van der Waals surface area contributed by atoms with Gasteiger partial charge in [-0.3, -0.25) is 18.1 Å². The average molecular weight is 495 g/mol. The molecule has 0 saturated carbocycles. The highest BCUT2D eigenvalue weighted by Crippen LogP contribution is 2.63. The standard InChI is InChI=1S/C22H44N2O6P2/c1-7-11-21-19(9-3)15-27-31(25,29-21)23-13-18(6)24(14-17(23)5)32(26)28-16-20(10-4)22(30-32)12-8-2/h17-22H,7-16H2,1-6H3/t17-,18-,19-,20+,21-,22-,31-,32-/m0/s1. The summed E-state index contributed by atoms with van der Waals surface area (Å²) in [5.41, 5.74) is 0. The van der Waals surface area contributed by atoms with Crippen molar-refractivity contribution >= 4 is 15.5 Å². The molecule has 0 radical (unpaired) electrons. The molecule has 0 aromatic carbocycles. The lowest BCUT2D eigenvalue weighted by atomic mass is 9.97. The molecule has 3 aliphatic rings. The molecule has 0 amide bonds. The predicted octanol–water partition coefficient (Wildman–Crippen LogP) is 6.08. The zero-order valence-electron chi connectivity index (χ0n) is 20.8. The number of piperazine rings is 1. The van der Waals surface area contributed by atoms with Gasteiger partial charge in [-0.15, -0.1) is 0 Å². The summed E-state index contributed by atoms with van der Waals surface area (Å²) in [4.78, 5) is 0. The van der Waals surface area contributed by atoms with Gasteiger partial charge in [0.1, 0.15) is 0 Å². The molecule has 0 aromatic rings. The van der Waals surface area contributed by atoms with E-state index < -0.39 is 15.5 Å². The third kappa shape index (κ3) is 5.54. The molecule has 0 unspecified atom stereocenters. The van der Waals surface area contributed by atoms with E-state index in [0.717, 1.165) is 38.5 Å². The van der Waals surface area contributed by atoms with E-state index in [1.165, 1.54) is 0 Å². The van der Waals surface area contributed by atoms with Gasteiger partial charge in [-0.05, 0) is 39.5 Å². The third-order valence-corrected chi connectivity index (χ3v) is 11.6. The fourth-order valence-electron chi connectivity index (χ4n) is 5.12. The highest BCUT2D eigenvalue weighted by atomic mass is 31.2. The molecule has 8 atom stereocenters. The van der Waals surface area contributed by atoms with Gasteiger partial charge in [0.2, 0.25) is 0 Å². The molecule has 0 bridgehead atoms. The largest absolute Gasteiger partial charge is 0.408 e. The summed E-state index contributed by atoms with van der Waals surface area (Å²) in [6.07, 6.45) is 5.52. The van der Waals surface area contributed by atoms with Crippen molar-refractivity contribution in [3.05, 3.63) is 0 Å². The van der Waals surface area contributed by atoms with Crippen molar-refractivity contribution in [2.45, 2.75) is 104 Å². The number of rotatable bonds is 8. The zero-order chi connectivity index (χ0) is 23.5. The van der Waals surface area contributed by atoms with Crippen LogP contribution in [0.4, 0.5) is 0 Å². The van der Waals surface area contributed by atoms with Gasteiger partial charge in [0.05, 0.1) is 25.4 Å². The minimum Gasteiger partial charge on any atom is -0.296 e. The summed E-state index contributed by atoms with van der Waals surface area (Å²) in [6, 6.07) is -0.326. The highest BCUT2D eigenvalue weighted by molar-refractivity contribution is 7.52. The van der Waals surface area contributed by atoms with E-state index in [2.05, 4.69) is 27.7 Å². The average Bonchev–Trinajstić information content (AvgIpc) is 2.76. The van der Waals surface area contributed by atoms with E-state index in [-0.39, 0.29) is 36.1 Å². The first-order valence-corrected chi connectivity index (χ1v) is 15.6. The van der Waals surface area contributed by atoms with E-state index >= 15 is 0 Å². The van der Waals surface area contributed by atoms with Gasteiger partial charge < -0.3 is 0 Å². The van der Waals surface area contributed by atoms with Crippen molar-refractivity contribution in [3.8, 4) is 0 Å². The molecule has 0 aromatic heterocycles. The van der Waals surface area contributed by atoms with Gasteiger partial charge >= 0.3 is 15.5 Å². The van der Waals surface area contributed by atoms with Crippen molar-refractivity contribution in [3.63, 3.8) is 0 Å². The maximum atomic E-state index is 13.8. The van der Waals surface area contributed by atoms with Gasteiger partial charge in [-0.1, -0.05) is 40.5 Å². The summed E-state index contributed by atoms with van der Waals surface area (Å²) in [7, 11) is -6.82. The molecule has 3 aliphatic heterocycles. The van der Waals surface area contributed by atoms with Crippen molar-refractivity contribution in [1.82, 2.24) is 9.34 Å². The van der Waals surface area contributed by atoms with Crippen LogP contribution >= 0.6 is 15.5 Å². The summed E-state index contributed by atoms with van der Waals surface area (Å²) in [5, 5.41) is 0. The van der Waals surface area contributed by atoms with Crippen LogP contribution in [0, 0.1) is 11.8 Å². The van der Waals surface area contributed by atoms with Crippen molar-refractivity contribution in [2.24, 2.45) is 11.8 Å². The maximum absolute atomic E-state index is 13.8. The molecule has 0 N–H and O–H groups in total. The topological polar surface area (TPSA) is 77.5 Å². The normalized spacial score (nSPS) is 44.6. The monoisotopic (exact) mass is 494 g/mol. The number of hydrogen-bond acceptors (Lipinski definition) is 6. The molecule has 3 heterocycles. The fourth-order valence-corrected chi connectivity index (χ4v) is 9.76. The van der Waals surface area contributed by atoms with E-state index in [4.69, 9.17) is 18.1 Å². The fraction of sp³-hybridized carbons (Fsp3) is 1.00. The smallest absolute Gasteiger partial charge is 0.296 e. The molecule has 3 saturated heterocycles. The molecule has 188 valence electrons. The summed E-state index contributed by atoms with van der Waals surface area (Å²) < 4.78 is 55.5. The second kappa shape index (κ2) is 11.3. The lowest BCUT2D eigenvalue weighted by Crippen LogP contribution is -2.55. The van der Waals surface area contributed by atoms with Gasteiger partial charge in [0, 0.05) is 37.0 Å². The Kier molecular flexibility index (Phi) is 9.47. The van der Waals surface area contributed by atoms with Crippen LogP contribution in [0.2, 0.25) is 0 Å². The van der Waals surface area contributed by atoms with Crippen molar-refractivity contribution in [2.75, 3.05) is 26.3 Å². The first kappa shape index (κ1) is 26.8. The number of hydrogen-bond donors (Lipinski definition) is 0. The molecule has 3 rings (SSSR count). The molecule has 0 aliphatic carbocycles. The molecular formula is C22H44N2O6P2. The van der Waals surface area contributed by atoms with E-state index in [0.29, 0.717) is 26.3 Å². The first-order chi connectivity index (χ1) is 15.2. The maximum Gasteiger partial charge on any atom is 0.408 e. The Bertz CT molecular complexity index is 652. The van der Waals surface area contributed by atoms with E-state index in [1.807, 2.05) is 23.2 Å². The molecule has 3 fully saturated rings. The molecule has 8 nitrogen and oxygen atoms in total. The Labute approximate surface area is 194 Å². The molecule has 10 heteroatoms. The SMILES string of the molecule is CCC[C@@H]1O[P@](=O)(N2C[C@H](C)N([P@]3(=O)OC[C@H](CC)[C@H](CCC)O3)C[C@@H]2C)OC[C@H]1CC. The lowest BCUT2D eigenvalue weighted by molar-refractivity contribution is -0.0274. The van der Waals surface area contributed by atoms with Crippen LogP contribution in [0.25, 0.3) is 0 Å². The lowest BCUT2D eigenvalue weighted by Gasteiger charge is -2.50. The quantitative estimate of drug-likeness (QED) is 0.376. The molecular weight excluding hydrogens is 450 g/mol. The Balaban J connectivity index is 1.72. The van der Waals surface area contributed by atoms with Crippen LogP contribution in [-0.2, 0) is 27.2 Å². The van der Waals surface area contributed by atoms with Crippen LogP contribution in [0.1, 0.15) is 80.1 Å². The van der Waals surface area contributed by atoms with Crippen molar-refractivity contribution in [1.29, 1.82) is 0 Å². The van der Waals surface area contributed by atoms with Gasteiger partial charge in [0.25, 0.3) is 0 Å². The third-order valence-electron chi connectivity index (χ3n) is 7.24. The first-order valence-electron chi connectivity index (χ1n) is 12.6. The van der Waals surface area contributed by atoms with E-state index in [9.17, 15) is 9.13 Å². The van der Waals surface area contributed by atoms with Crippen LogP contribution in [0.15, 0.2) is 0 Å². The summed E-state index contributed by atoms with van der Waals surface area (Å²) >= 11 is 0. The van der Waals surface area contributed by atoms with Gasteiger partial charge in [-0.25, -0.2) is 18.5 Å². The van der Waals surface area contributed by atoms with E-state index in [1.54, 1.807) is 0 Å². The van der Waals surface area contributed by atoms with Crippen LogP contribution < -0.4 is 0 Å². The van der Waals surface area contributed by atoms with Crippen molar-refractivity contribution < 1.29 is 27.2 Å². The number of nitrogens with zero attached hydrogens (tertiary/aromatic N) is 2. The molecule has 32 heavy (non-hydrogen) atoms. The Morgan fingerprint density at radius 1 is 0.719 bits per heavy atom. The van der Waals surface area contributed by atoms with Crippen LogP contribution in [-0.4, -0.2) is 59.9 Å². The van der Waals surface area contributed by atoms with Crippen LogP contribution in [0.3, 0.4) is 0 Å². The summed E-state index contributed by atoms with van der Waals surface area (Å²) in [6.45, 7) is 14.2. The Hall–Kier alpha value is 0.220. The highest BCUT2D eigenvalue weighted by Gasteiger charge is 2.52. The van der Waals surface area contributed by atoms with Gasteiger partial charge in [-0.2, -0.15) is 0 Å². The van der Waals surface area contributed by atoms with Gasteiger partial charge in [0.15, 0.2) is 0 Å². The summed E-state index contributed by atoms with van der Waals surface area (Å²) in [5.74, 6) is 0.542. The second-order valence-corrected chi connectivity index (χ2v) is 13.5. The predicted molar refractivity (Wildman–Crippen MR) is 127 cm³/mol. The minimum absolute atomic E-state index is 0.0470. The Morgan fingerprint density at radius 3 is 1.41 bits per heavy atom. The second-order valence-electron chi connectivity index (χ2n) is 9.67. The molecule has 0 spiro atoms. The zero-order valence-corrected chi connectivity index (χ0v) is 22.6. The van der Waals surface area contributed by atoms with Crippen LogP contribution in [0.5, 0.6) is 0 Å². The minimum atomic E-state index is -3.41.